The highest BCUT2D eigenvalue weighted by Crippen LogP contribution is 2.35. The van der Waals surface area contributed by atoms with Crippen molar-refractivity contribution in [3.8, 4) is 11.6 Å². The van der Waals surface area contributed by atoms with Crippen LogP contribution in [0.25, 0.3) is 0 Å². The molecule has 1 aromatic carbocycles. The number of pyridine rings is 1. The molecule has 4 nitrogen and oxygen atoms in total. The second kappa shape index (κ2) is 6.09. The molecule has 0 atom stereocenters. The lowest BCUT2D eigenvalue weighted by Crippen LogP contribution is -2.01. The number of hydrogen-bond donors (Lipinski definition) is 0. The molecule has 1 aliphatic heterocycles. The maximum atomic E-state index is 14.0. The van der Waals surface area contributed by atoms with Gasteiger partial charge >= 0.3 is 0 Å². The summed E-state index contributed by atoms with van der Waals surface area (Å²) < 4.78 is 31.0. The smallest absolute Gasteiger partial charge is 0.219 e. The van der Waals surface area contributed by atoms with Crippen LogP contribution < -0.4 is 4.74 Å². The fourth-order valence-corrected chi connectivity index (χ4v) is 2.53. The van der Waals surface area contributed by atoms with Gasteiger partial charge in [-0.05, 0) is 25.1 Å². The molecule has 0 unspecified atom stereocenters. The Kier molecular flexibility index (Phi) is 4.19. The summed E-state index contributed by atoms with van der Waals surface area (Å²) in [5, 5.41) is 0. The van der Waals surface area contributed by atoms with Crippen molar-refractivity contribution in [2.75, 3.05) is 13.2 Å². The molecule has 0 bridgehead atoms. The van der Waals surface area contributed by atoms with Gasteiger partial charge in [0, 0.05) is 21.8 Å². The van der Waals surface area contributed by atoms with Crippen molar-refractivity contribution in [2.45, 2.75) is 13.2 Å². The van der Waals surface area contributed by atoms with Gasteiger partial charge in [-0.1, -0.05) is 22.0 Å². The third kappa shape index (κ3) is 3.23. The molecule has 3 rings (SSSR count). The standard InChI is InChI=1S/C15H13BrFNO3/c1-9-3-2-4-14(18-9)21-13-7-10(11(16)8-12(13)17)15-19-5-6-20-15/h2-4,7-8,15H,5-6H2,1H3. The first kappa shape index (κ1) is 14.4. The van der Waals surface area contributed by atoms with E-state index in [1.807, 2.05) is 13.0 Å². The fraction of sp³-hybridized carbons (Fsp3) is 0.267. The molecule has 0 N–H and O–H groups in total. The van der Waals surface area contributed by atoms with Crippen LogP contribution in [0.15, 0.2) is 34.8 Å². The number of benzene rings is 1. The third-order valence-electron chi connectivity index (χ3n) is 3.00. The maximum absolute atomic E-state index is 14.0. The molecule has 1 fully saturated rings. The zero-order chi connectivity index (χ0) is 14.8. The predicted octanol–water partition coefficient (Wildman–Crippen LogP) is 4.13. The minimum Gasteiger partial charge on any atom is -0.436 e. The van der Waals surface area contributed by atoms with Crippen molar-refractivity contribution in [2.24, 2.45) is 0 Å². The molecule has 1 aliphatic rings. The zero-order valence-corrected chi connectivity index (χ0v) is 12.9. The van der Waals surface area contributed by atoms with Gasteiger partial charge in [0.2, 0.25) is 5.88 Å². The summed E-state index contributed by atoms with van der Waals surface area (Å²) in [5.74, 6) is -0.0484. The number of aryl methyl sites for hydroxylation is 1. The minimum absolute atomic E-state index is 0.0883. The largest absolute Gasteiger partial charge is 0.436 e. The van der Waals surface area contributed by atoms with Gasteiger partial charge < -0.3 is 14.2 Å². The SMILES string of the molecule is Cc1cccc(Oc2cc(C3OCCO3)c(Br)cc2F)n1. The molecule has 0 aliphatic carbocycles. The van der Waals surface area contributed by atoms with E-state index in [0.717, 1.165) is 5.69 Å². The van der Waals surface area contributed by atoms with E-state index in [-0.39, 0.29) is 5.75 Å². The Balaban J connectivity index is 1.92. The average Bonchev–Trinajstić information content (AvgIpc) is 2.96. The Hall–Kier alpha value is -1.50. The molecule has 21 heavy (non-hydrogen) atoms. The molecule has 0 saturated carbocycles. The van der Waals surface area contributed by atoms with E-state index in [1.54, 1.807) is 18.2 Å². The quantitative estimate of drug-likeness (QED) is 0.831. The van der Waals surface area contributed by atoms with Crippen molar-refractivity contribution in [3.05, 3.63) is 51.9 Å². The van der Waals surface area contributed by atoms with E-state index < -0.39 is 12.1 Å². The van der Waals surface area contributed by atoms with E-state index in [4.69, 9.17) is 14.2 Å². The summed E-state index contributed by atoms with van der Waals surface area (Å²) >= 11 is 3.32. The van der Waals surface area contributed by atoms with Crippen molar-refractivity contribution >= 4 is 15.9 Å². The monoisotopic (exact) mass is 353 g/mol. The van der Waals surface area contributed by atoms with Gasteiger partial charge in [-0.2, -0.15) is 0 Å². The van der Waals surface area contributed by atoms with Gasteiger partial charge in [-0.3, -0.25) is 0 Å². The highest BCUT2D eigenvalue weighted by atomic mass is 79.9. The second-order valence-corrected chi connectivity index (χ2v) is 5.45. The van der Waals surface area contributed by atoms with Gasteiger partial charge in [0.05, 0.1) is 13.2 Å². The second-order valence-electron chi connectivity index (χ2n) is 4.60. The zero-order valence-electron chi connectivity index (χ0n) is 11.3. The van der Waals surface area contributed by atoms with Crippen LogP contribution in [0.4, 0.5) is 4.39 Å². The molecule has 0 amide bonds. The van der Waals surface area contributed by atoms with Crippen molar-refractivity contribution < 1.29 is 18.6 Å². The van der Waals surface area contributed by atoms with E-state index in [1.165, 1.54) is 6.07 Å². The Bertz CT molecular complexity index is 659. The van der Waals surface area contributed by atoms with Gasteiger partial charge in [0.15, 0.2) is 17.9 Å². The number of aromatic nitrogens is 1. The molecule has 110 valence electrons. The molecule has 0 radical (unpaired) electrons. The number of ether oxygens (including phenoxy) is 3. The average molecular weight is 354 g/mol. The van der Waals surface area contributed by atoms with Gasteiger partial charge in [0.25, 0.3) is 0 Å². The van der Waals surface area contributed by atoms with Crippen LogP contribution in [0, 0.1) is 12.7 Å². The first-order chi connectivity index (χ1) is 10.1. The Morgan fingerprint density at radius 2 is 2.05 bits per heavy atom. The lowest BCUT2D eigenvalue weighted by atomic mass is 10.2. The lowest BCUT2D eigenvalue weighted by Gasteiger charge is -2.14. The highest BCUT2D eigenvalue weighted by molar-refractivity contribution is 9.10. The summed E-state index contributed by atoms with van der Waals surface area (Å²) in [6.45, 7) is 2.88. The van der Waals surface area contributed by atoms with Crippen molar-refractivity contribution in [3.63, 3.8) is 0 Å². The topological polar surface area (TPSA) is 40.6 Å². The van der Waals surface area contributed by atoms with Gasteiger partial charge in [-0.15, -0.1) is 0 Å². The van der Waals surface area contributed by atoms with E-state index in [9.17, 15) is 4.39 Å². The van der Waals surface area contributed by atoms with Gasteiger partial charge in [0.1, 0.15) is 0 Å². The van der Waals surface area contributed by atoms with Crippen LogP contribution in [0.1, 0.15) is 17.5 Å². The van der Waals surface area contributed by atoms with E-state index in [0.29, 0.717) is 29.1 Å². The summed E-state index contributed by atoms with van der Waals surface area (Å²) in [6.07, 6.45) is -0.507. The first-order valence-corrected chi connectivity index (χ1v) is 7.26. The predicted molar refractivity (Wildman–Crippen MR) is 77.8 cm³/mol. The van der Waals surface area contributed by atoms with Crippen LogP contribution in [-0.2, 0) is 9.47 Å². The summed E-state index contributed by atoms with van der Waals surface area (Å²) in [4.78, 5) is 4.20. The van der Waals surface area contributed by atoms with Gasteiger partial charge in [-0.25, -0.2) is 9.37 Å². The molecule has 0 spiro atoms. The van der Waals surface area contributed by atoms with E-state index in [2.05, 4.69) is 20.9 Å². The number of rotatable bonds is 3. The highest BCUT2D eigenvalue weighted by Gasteiger charge is 2.23. The first-order valence-electron chi connectivity index (χ1n) is 6.47. The van der Waals surface area contributed by atoms with Crippen LogP contribution in [-0.4, -0.2) is 18.2 Å². The molecule has 1 saturated heterocycles. The maximum Gasteiger partial charge on any atom is 0.219 e. The lowest BCUT2D eigenvalue weighted by molar-refractivity contribution is -0.0447. The normalized spacial score (nSPS) is 15.4. The molecule has 2 aromatic rings. The van der Waals surface area contributed by atoms with Crippen LogP contribution in [0.3, 0.4) is 0 Å². The molecule has 1 aromatic heterocycles. The minimum atomic E-state index is -0.507. The van der Waals surface area contributed by atoms with Crippen LogP contribution in [0.5, 0.6) is 11.6 Å². The summed E-state index contributed by atoms with van der Waals surface area (Å²) in [7, 11) is 0. The van der Waals surface area contributed by atoms with E-state index >= 15 is 0 Å². The summed E-state index contributed by atoms with van der Waals surface area (Å²) in [5.41, 5.74) is 1.49. The molecule has 6 heteroatoms. The fourth-order valence-electron chi connectivity index (χ4n) is 2.03. The third-order valence-corrected chi connectivity index (χ3v) is 3.69. The van der Waals surface area contributed by atoms with Crippen molar-refractivity contribution in [1.29, 1.82) is 0 Å². The Labute approximate surface area is 130 Å². The summed E-state index contributed by atoms with van der Waals surface area (Å²) in [6, 6.07) is 8.23. The number of halogens is 2. The molecular weight excluding hydrogens is 341 g/mol. The van der Waals surface area contributed by atoms with Crippen LogP contribution in [0.2, 0.25) is 0 Å². The molecule has 2 heterocycles. The van der Waals surface area contributed by atoms with Crippen molar-refractivity contribution in [1.82, 2.24) is 4.98 Å². The Morgan fingerprint density at radius 1 is 1.29 bits per heavy atom. The molecular formula is C15H13BrFNO3. The van der Waals surface area contributed by atoms with Crippen LogP contribution >= 0.6 is 15.9 Å². The Morgan fingerprint density at radius 3 is 2.76 bits per heavy atom. The number of nitrogens with zero attached hydrogens (tertiary/aromatic N) is 1. The number of hydrogen-bond acceptors (Lipinski definition) is 4.